The summed E-state index contributed by atoms with van der Waals surface area (Å²) < 4.78 is 10.8. The van der Waals surface area contributed by atoms with Gasteiger partial charge in [0.25, 0.3) is 5.91 Å². The molecule has 2 heterocycles. The van der Waals surface area contributed by atoms with Crippen LogP contribution in [0.1, 0.15) is 40.4 Å². The van der Waals surface area contributed by atoms with E-state index in [2.05, 4.69) is 21.3 Å². The van der Waals surface area contributed by atoms with E-state index in [0.29, 0.717) is 5.92 Å². The Morgan fingerprint density at radius 2 is 2.15 bits per heavy atom. The van der Waals surface area contributed by atoms with E-state index in [-0.39, 0.29) is 5.91 Å². The molecule has 2 aromatic rings. The van der Waals surface area contributed by atoms with E-state index in [1.807, 2.05) is 24.4 Å². The molecule has 1 aliphatic heterocycles. The monoisotopic (exact) mass is 357 g/mol. The van der Waals surface area contributed by atoms with Crippen molar-refractivity contribution in [2.75, 3.05) is 34.4 Å². The predicted molar refractivity (Wildman–Crippen MR) is 101 cm³/mol. The van der Waals surface area contributed by atoms with Gasteiger partial charge in [-0.1, -0.05) is 6.07 Å². The first-order chi connectivity index (χ1) is 12.7. The van der Waals surface area contributed by atoms with E-state index in [1.54, 1.807) is 21.3 Å². The third-order valence-corrected chi connectivity index (χ3v) is 5.05. The second-order valence-electron chi connectivity index (χ2n) is 6.64. The highest BCUT2D eigenvalue weighted by molar-refractivity contribution is 5.95. The standard InChI is InChI=1S/C20H27N3O3/c1-21-20(24)17-8-9-22-19(17)15-5-4-10-23(13-15)12-14-6-7-16(25-2)11-18(14)26-3/h6-9,11,15,22H,4-5,10,12-13H2,1-3H3,(H,21,24). The lowest BCUT2D eigenvalue weighted by atomic mass is 9.92. The Balaban J connectivity index is 1.74. The normalized spacial score (nSPS) is 17.7. The van der Waals surface area contributed by atoms with Crippen LogP contribution in [-0.4, -0.2) is 50.1 Å². The van der Waals surface area contributed by atoms with Crippen LogP contribution in [0.5, 0.6) is 11.5 Å². The maximum atomic E-state index is 12.1. The second-order valence-corrected chi connectivity index (χ2v) is 6.64. The number of aromatic nitrogens is 1. The van der Waals surface area contributed by atoms with Crippen molar-refractivity contribution in [1.29, 1.82) is 0 Å². The number of methoxy groups -OCH3 is 2. The number of hydrogen-bond acceptors (Lipinski definition) is 4. The van der Waals surface area contributed by atoms with Crippen LogP contribution < -0.4 is 14.8 Å². The molecule has 6 nitrogen and oxygen atoms in total. The molecule has 1 unspecified atom stereocenters. The minimum atomic E-state index is -0.0322. The largest absolute Gasteiger partial charge is 0.497 e. The molecule has 0 saturated carbocycles. The van der Waals surface area contributed by atoms with Crippen LogP contribution in [0, 0.1) is 0 Å². The Morgan fingerprint density at radius 1 is 1.31 bits per heavy atom. The molecule has 0 aliphatic carbocycles. The smallest absolute Gasteiger partial charge is 0.252 e. The van der Waals surface area contributed by atoms with E-state index >= 15 is 0 Å². The van der Waals surface area contributed by atoms with Crippen molar-refractivity contribution in [2.45, 2.75) is 25.3 Å². The summed E-state index contributed by atoms with van der Waals surface area (Å²) in [6, 6.07) is 7.81. The first-order valence-electron chi connectivity index (χ1n) is 8.98. The number of carbonyl (C=O) groups is 1. The molecule has 1 aliphatic rings. The summed E-state index contributed by atoms with van der Waals surface area (Å²) in [4.78, 5) is 17.8. The third kappa shape index (κ3) is 3.85. The van der Waals surface area contributed by atoms with Gasteiger partial charge in [0.2, 0.25) is 0 Å². The average Bonchev–Trinajstić information content (AvgIpc) is 3.18. The highest BCUT2D eigenvalue weighted by atomic mass is 16.5. The maximum Gasteiger partial charge on any atom is 0.252 e. The van der Waals surface area contributed by atoms with Crippen molar-refractivity contribution in [2.24, 2.45) is 0 Å². The number of nitrogens with one attached hydrogen (secondary N) is 2. The van der Waals surface area contributed by atoms with Gasteiger partial charge in [0.1, 0.15) is 11.5 Å². The number of likely N-dealkylation sites (tertiary alicyclic amines) is 1. The van der Waals surface area contributed by atoms with Gasteiger partial charge in [-0.2, -0.15) is 0 Å². The molecule has 0 radical (unpaired) electrons. The molecule has 0 spiro atoms. The fraction of sp³-hybridized carbons (Fsp3) is 0.450. The molecule has 6 heteroatoms. The second kappa shape index (κ2) is 8.27. The number of aromatic amines is 1. The molecule has 1 aromatic carbocycles. The fourth-order valence-corrected chi connectivity index (χ4v) is 3.71. The number of piperidine rings is 1. The topological polar surface area (TPSA) is 66.6 Å². The Labute approximate surface area is 154 Å². The molecule has 1 atom stereocenters. The number of carbonyl (C=O) groups excluding carboxylic acids is 1. The first-order valence-corrected chi connectivity index (χ1v) is 8.98. The van der Waals surface area contributed by atoms with Gasteiger partial charge < -0.3 is 19.8 Å². The zero-order valence-electron chi connectivity index (χ0n) is 15.7. The van der Waals surface area contributed by atoms with Crippen LogP contribution in [0.4, 0.5) is 0 Å². The van der Waals surface area contributed by atoms with E-state index in [4.69, 9.17) is 9.47 Å². The van der Waals surface area contributed by atoms with Crippen LogP contribution in [0.3, 0.4) is 0 Å². The van der Waals surface area contributed by atoms with E-state index in [9.17, 15) is 4.79 Å². The van der Waals surface area contributed by atoms with Crippen LogP contribution in [-0.2, 0) is 6.54 Å². The number of hydrogen-bond donors (Lipinski definition) is 2. The summed E-state index contributed by atoms with van der Waals surface area (Å²) >= 11 is 0. The van der Waals surface area contributed by atoms with Gasteiger partial charge in [-0.3, -0.25) is 9.69 Å². The third-order valence-electron chi connectivity index (χ3n) is 5.05. The summed E-state index contributed by atoms with van der Waals surface area (Å²) in [5, 5.41) is 2.72. The molecule has 0 bridgehead atoms. The lowest BCUT2D eigenvalue weighted by molar-refractivity contribution is 0.0960. The van der Waals surface area contributed by atoms with Crippen molar-refractivity contribution in [3.63, 3.8) is 0 Å². The predicted octanol–water partition coefficient (Wildman–Crippen LogP) is 2.77. The zero-order chi connectivity index (χ0) is 18.5. The molecule has 1 amide bonds. The SMILES string of the molecule is CNC(=O)c1cc[nH]c1C1CCCN(Cc2ccc(OC)cc2OC)C1. The summed E-state index contributed by atoms with van der Waals surface area (Å²) in [7, 11) is 5.01. The number of nitrogens with zero attached hydrogens (tertiary/aromatic N) is 1. The van der Waals surface area contributed by atoms with Crippen molar-refractivity contribution >= 4 is 5.91 Å². The summed E-state index contributed by atoms with van der Waals surface area (Å²) in [5.74, 6) is 1.94. The van der Waals surface area contributed by atoms with Crippen LogP contribution >= 0.6 is 0 Å². The first kappa shape index (κ1) is 18.3. The minimum Gasteiger partial charge on any atom is -0.497 e. The molecule has 140 valence electrons. The highest BCUT2D eigenvalue weighted by Crippen LogP contribution is 2.31. The summed E-state index contributed by atoms with van der Waals surface area (Å²) in [5.41, 5.74) is 2.93. The van der Waals surface area contributed by atoms with Crippen molar-refractivity contribution in [1.82, 2.24) is 15.2 Å². The van der Waals surface area contributed by atoms with Crippen LogP contribution in [0.25, 0.3) is 0 Å². The number of H-pyrrole nitrogens is 1. The van der Waals surface area contributed by atoms with Gasteiger partial charge in [0, 0.05) is 49.6 Å². The summed E-state index contributed by atoms with van der Waals surface area (Å²) in [6.07, 6.45) is 4.04. The van der Waals surface area contributed by atoms with Crippen molar-refractivity contribution < 1.29 is 14.3 Å². The van der Waals surface area contributed by atoms with Gasteiger partial charge in [-0.15, -0.1) is 0 Å². The molecular formula is C20H27N3O3. The fourth-order valence-electron chi connectivity index (χ4n) is 3.71. The molecule has 3 rings (SSSR count). The van der Waals surface area contributed by atoms with Gasteiger partial charge in [0.05, 0.1) is 19.8 Å². The van der Waals surface area contributed by atoms with Crippen molar-refractivity contribution in [3.8, 4) is 11.5 Å². The lowest BCUT2D eigenvalue weighted by Gasteiger charge is -2.33. The molecule has 26 heavy (non-hydrogen) atoms. The number of ether oxygens (including phenoxy) is 2. The Hall–Kier alpha value is -2.47. The Bertz CT molecular complexity index is 757. The van der Waals surface area contributed by atoms with E-state index in [0.717, 1.165) is 60.8 Å². The average molecular weight is 357 g/mol. The van der Waals surface area contributed by atoms with Crippen LogP contribution in [0.15, 0.2) is 30.5 Å². The highest BCUT2D eigenvalue weighted by Gasteiger charge is 2.26. The minimum absolute atomic E-state index is 0.0322. The van der Waals surface area contributed by atoms with Gasteiger partial charge in [0.15, 0.2) is 0 Å². The quantitative estimate of drug-likeness (QED) is 0.834. The number of rotatable bonds is 6. The maximum absolute atomic E-state index is 12.1. The molecule has 1 fully saturated rings. The van der Waals surface area contributed by atoms with Gasteiger partial charge in [-0.05, 0) is 31.5 Å². The lowest BCUT2D eigenvalue weighted by Crippen LogP contribution is -2.35. The number of amides is 1. The molecular weight excluding hydrogens is 330 g/mol. The zero-order valence-corrected chi connectivity index (χ0v) is 15.7. The van der Waals surface area contributed by atoms with Crippen LogP contribution in [0.2, 0.25) is 0 Å². The van der Waals surface area contributed by atoms with E-state index in [1.165, 1.54) is 0 Å². The molecule has 1 saturated heterocycles. The van der Waals surface area contributed by atoms with Gasteiger partial charge in [-0.25, -0.2) is 0 Å². The van der Waals surface area contributed by atoms with Gasteiger partial charge >= 0.3 is 0 Å². The van der Waals surface area contributed by atoms with E-state index < -0.39 is 0 Å². The Morgan fingerprint density at radius 3 is 2.88 bits per heavy atom. The molecule has 2 N–H and O–H groups in total. The number of benzene rings is 1. The molecule has 1 aromatic heterocycles. The Kier molecular flexibility index (Phi) is 5.83. The summed E-state index contributed by atoms with van der Waals surface area (Å²) in [6.45, 7) is 2.78. The van der Waals surface area contributed by atoms with Crippen molar-refractivity contribution in [3.05, 3.63) is 47.3 Å².